The summed E-state index contributed by atoms with van der Waals surface area (Å²) in [7, 11) is 0. The van der Waals surface area contributed by atoms with Crippen LogP contribution in [0.25, 0.3) is 0 Å². The first-order valence-electron chi connectivity index (χ1n) is 7.29. The van der Waals surface area contributed by atoms with Crippen molar-refractivity contribution in [2.24, 2.45) is 5.73 Å². The third kappa shape index (κ3) is 1.86. The quantitative estimate of drug-likeness (QED) is 0.761. The van der Waals surface area contributed by atoms with Crippen molar-refractivity contribution >= 4 is 17.4 Å². The maximum absolute atomic E-state index is 11.9. The number of hydrogen-bond acceptors (Lipinski definition) is 2. The Bertz CT molecular complexity index is 704. The van der Waals surface area contributed by atoms with Crippen LogP contribution in [0.2, 0.25) is 0 Å². The number of anilines is 2. The highest BCUT2D eigenvalue weighted by Crippen LogP contribution is 2.39. The van der Waals surface area contributed by atoms with Gasteiger partial charge in [-0.2, -0.15) is 0 Å². The summed E-state index contributed by atoms with van der Waals surface area (Å²) in [6, 6.07) is 11.5. The van der Waals surface area contributed by atoms with Crippen LogP contribution in [-0.2, 0) is 6.37 Å². The van der Waals surface area contributed by atoms with Crippen molar-refractivity contribution in [2.75, 3.05) is 4.90 Å². The van der Waals surface area contributed by atoms with Crippen LogP contribution in [0.15, 0.2) is 48.5 Å². The van der Waals surface area contributed by atoms with Gasteiger partial charge in [0.15, 0.2) is 0 Å². The summed E-state index contributed by atoms with van der Waals surface area (Å²) < 4.78 is 24.7. The molecule has 0 saturated carbocycles. The van der Waals surface area contributed by atoms with Gasteiger partial charge in [0.1, 0.15) is 0 Å². The minimum absolute atomic E-state index is 0.0185. The summed E-state index contributed by atoms with van der Waals surface area (Å²) in [4.78, 5) is 13.1. The van der Waals surface area contributed by atoms with E-state index < -0.39 is 18.5 Å². The Kier molecular flexibility index (Phi) is 2.02. The largest absolute Gasteiger partial charge is 0.388 e. The fourth-order valence-corrected chi connectivity index (χ4v) is 2.21. The average molecular weight is 257 g/mol. The Hall–Kier alpha value is -2.33. The van der Waals surface area contributed by atoms with E-state index in [1.54, 1.807) is 24.3 Å². The summed E-state index contributed by atoms with van der Waals surface area (Å²) in [5, 5.41) is 10.6. The molecule has 4 heteroatoms. The summed E-state index contributed by atoms with van der Waals surface area (Å²) >= 11 is 0. The molecule has 1 atom stereocenters. The molecule has 0 saturated heterocycles. The molecule has 0 radical (unpaired) electrons. The van der Waals surface area contributed by atoms with Crippen LogP contribution in [0.5, 0.6) is 0 Å². The third-order valence-corrected chi connectivity index (χ3v) is 3.02. The van der Waals surface area contributed by atoms with Crippen LogP contribution in [0.3, 0.4) is 0 Å². The summed E-state index contributed by atoms with van der Waals surface area (Å²) in [6.07, 6.45) is -4.99. The van der Waals surface area contributed by atoms with Gasteiger partial charge in [-0.1, -0.05) is 36.4 Å². The van der Waals surface area contributed by atoms with Gasteiger partial charge in [-0.15, -0.1) is 0 Å². The number of primary amides is 1. The molecule has 19 heavy (non-hydrogen) atoms. The van der Waals surface area contributed by atoms with Crippen LogP contribution < -0.4 is 10.6 Å². The summed E-state index contributed by atoms with van der Waals surface area (Å²) in [5.74, 6) is 0. The molecule has 1 heterocycles. The molecule has 0 unspecified atom stereocenters. The predicted molar refractivity (Wildman–Crippen MR) is 73.3 cm³/mol. The van der Waals surface area contributed by atoms with Gasteiger partial charge in [-0.05, 0) is 17.7 Å². The Balaban J connectivity index is 2.46. The number of nitrogens with two attached hydrogens (primary N) is 1. The van der Waals surface area contributed by atoms with E-state index >= 15 is 0 Å². The zero-order chi connectivity index (χ0) is 16.1. The van der Waals surface area contributed by atoms with Crippen LogP contribution in [0, 0.1) is 0 Å². The Morgan fingerprint density at radius 2 is 1.89 bits per heavy atom. The van der Waals surface area contributed by atoms with Gasteiger partial charge >= 0.3 is 6.03 Å². The number of para-hydroxylation sites is 2. The summed E-state index contributed by atoms with van der Waals surface area (Å²) in [5.41, 5.74) is 5.89. The van der Waals surface area contributed by atoms with E-state index in [1.807, 2.05) is 0 Å². The van der Waals surface area contributed by atoms with Crippen LogP contribution in [-0.4, -0.2) is 11.1 Å². The van der Waals surface area contributed by atoms with Crippen molar-refractivity contribution < 1.29 is 14.0 Å². The SMILES string of the molecule is [2H]C1([2H])c2ccccc2N(C(N)=O)c2ccccc2[C@@]1([2H])O. The maximum Gasteiger partial charge on any atom is 0.323 e. The second-order valence-corrected chi connectivity index (χ2v) is 4.18. The molecule has 2 amide bonds. The lowest BCUT2D eigenvalue weighted by Crippen LogP contribution is -2.32. The van der Waals surface area contributed by atoms with E-state index in [0.717, 1.165) is 4.90 Å². The molecule has 4 nitrogen and oxygen atoms in total. The van der Waals surface area contributed by atoms with E-state index in [1.165, 1.54) is 24.3 Å². The predicted octanol–water partition coefficient (Wildman–Crippen LogP) is 2.49. The number of urea groups is 1. The molecular formula is C15H14N2O2. The number of fused-ring (bicyclic) bond motifs is 2. The lowest BCUT2D eigenvalue weighted by molar-refractivity contribution is 0.180. The number of carbonyl (C=O) groups is 1. The highest BCUT2D eigenvalue weighted by molar-refractivity contribution is 6.00. The molecule has 0 spiro atoms. The summed E-state index contributed by atoms with van der Waals surface area (Å²) in [6.45, 7) is 0. The molecule has 0 fully saturated rings. The van der Waals surface area contributed by atoms with Crippen LogP contribution in [0.4, 0.5) is 16.2 Å². The van der Waals surface area contributed by atoms with E-state index in [-0.39, 0.29) is 22.5 Å². The molecule has 0 aliphatic carbocycles. The van der Waals surface area contributed by atoms with Crippen molar-refractivity contribution in [3.05, 3.63) is 59.7 Å². The number of carbonyl (C=O) groups excluding carboxylic acids is 1. The normalized spacial score (nSPS) is 26.2. The van der Waals surface area contributed by atoms with Gasteiger partial charge in [0.05, 0.1) is 18.8 Å². The molecule has 1 aliphatic heterocycles. The standard InChI is InChI=1S/C15H14N2O2/c16-15(19)17-12-7-3-1-5-10(12)9-14(18)11-6-2-4-8-13(11)17/h1-8,14,18H,9H2,(H2,16,19)/t14-/m0/s1/i9D2,14D. The third-order valence-electron chi connectivity index (χ3n) is 3.02. The van der Waals surface area contributed by atoms with E-state index in [0.29, 0.717) is 0 Å². The van der Waals surface area contributed by atoms with Crippen molar-refractivity contribution in [3.8, 4) is 0 Å². The molecule has 2 aromatic rings. The fourth-order valence-electron chi connectivity index (χ4n) is 2.21. The lowest BCUT2D eigenvalue weighted by Gasteiger charge is -2.22. The smallest absolute Gasteiger partial charge is 0.323 e. The first kappa shape index (κ1) is 8.72. The monoisotopic (exact) mass is 257 g/mol. The molecular weight excluding hydrogens is 240 g/mol. The van der Waals surface area contributed by atoms with Crippen LogP contribution in [0.1, 0.15) is 21.3 Å². The van der Waals surface area contributed by atoms with Crippen LogP contribution >= 0.6 is 0 Å². The minimum atomic E-state index is -2.57. The highest BCUT2D eigenvalue weighted by Gasteiger charge is 2.27. The Morgan fingerprint density at radius 1 is 1.26 bits per heavy atom. The number of rotatable bonds is 0. The van der Waals surface area contributed by atoms with Gasteiger partial charge in [0.2, 0.25) is 0 Å². The van der Waals surface area contributed by atoms with E-state index in [2.05, 4.69) is 0 Å². The number of hydrogen-bond donors (Lipinski definition) is 2. The zero-order valence-electron chi connectivity index (χ0n) is 13.0. The first-order valence-corrected chi connectivity index (χ1v) is 5.79. The molecule has 0 aromatic heterocycles. The fraction of sp³-hybridized carbons (Fsp3) is 0.133. The first-order chi connectivity index (χ1) is 10.3. The van der Waals surface area contributed by atoms with E-state index in [9.17, 15) is 9.90 Å². The Labute approximate surface area is 115 Å². The van der Waals surface area contributed by atoms with Gasteiger partial charge in [-0.25, -0.2) is 4.79 Å². The number of nitrogens with zero attached hydrogens (tertiary/aromatic N) is 1. The maximum atomic E-state index is 11.9. The average Bonchev–Trinajstić information content (AvgIpc) is 2.52. The molecule has 1 aliphatic rings. The lowest BCUT2D eigenvalue weighted by atomic mass is 10.0. The number of benzene rings is 2. The van der Waals surface area contributed by atoms with E-state index in [4.69, 9.17) is 9.85 Å². The van der Waals surface area contributed by atoms with Crippen molar-refractivity contribution in [1.29, 1.82) is 0 Å². The van der Waals surface area contributed by atoms with Crippen molar-refractivity contribution in [1.82, 2.24) is 0 Å². The molecule has 0 bridgehead atoms. The van der Waals surface area contributed by atoms with Crippen molar-refractivity contribution in [2.45, 2.75) is 12.5 Å². The number of aliphatic hydroxyl groups is 1. The van der Waals surface area contributed by atoms with Gasteiger partial charge in [0.25, 0.3) is 0 Å². The second-order valence-electron chi connectivity index (χ2n) is 4.18. The highest BCUT2D eigenvalue weighted by atomic mass is 16.3. The molecule has 3 rings (SSSR count). The van der Waals surface area contributed by atoms with Gasteiger partial charge < -0.3 is 10.8 Å². The van der Waals surface area contributed by atoms with Gasteiger partial charge in [-0.3, -0.25) is 4.90 Å². The minimum Gasteiger partial charge on any atom is -0.388 e. The zero-order valence-corrected chi connectivity index (χ0v) is 10.00. The second kappa shape index (κ2) is 4.40. The van der Waals surface area contributed by atoms with Crippen molar-refractivity contribution in [3.63, 3.8) is 0 Å². The topological polar surface area (TPSA) is 66.6 Å². The number of amides is 2. The molecule has 2 aromatic carbocycles. The Morgan fingerprint density at radius 3 is 2.63 bits per heavy atom. The molecule has 96 valence electrons. The van der Waals surface area contributed by atoms with Gasteiger partial charge in [0, 0.05) is 14.7 Å². The molecule has 3 N–H and O–H groups in total.